The van der Waals surface area contributed by atoms with Crippen LogP contribution in [0.25, 0.3) is 0 Å². The Morgan fingerprint density at radius 2 is 2.37 bits per heavy atom. The molecule has 1 atom stereocenters. The Morgan fingerprint density at radius 1 is 1.58 bits per heavy atom. The SMILES string of the molecule is CCCn1cc(N)cc1C(=O)N1CCCC(CO)C1. The fraction of sp³-hybridized carbons (Fsp3) is 0.643. The van der Waals surface area contributed by atoms with Crippen molar-refractivity contribution in [2.24, 2.45) is 5.92 Å². The van der Waals surface area contributed by atoms with Gasteiger partial charge in [-0.1, -0.05) is 6.92 Å². The molecule has 0 saturated carbocycles. The maximum absolute atomic E-state index is 12.5. The zero-order valence-corrected chi connectivity index (χ0v) is 11.5. The lowest BCUT2D eigenvalue weighted by Crippen LogP contribution is -2.41. The lowest BCUT2D eigenvalue weighted by molar-refractivity contribution is 0.0610. The molecule has 106 valence electrons. The number of rotatable bonds is 4. The van der Waals surface area contributed by atoms with Crippen molar-refractivity contribution < 1.29 is 9.90 Å². The Morgan fingerprint density at radius 3 is 3.05 bits per heavy atom. The van der Waals surface area contributed by atoms with Crippen LogP contribution in [-0.2, 0) is 6.54 Å². The molecule has 0 aromatic carbocycles. The first-order valence-corrected chi connectivity index (χ1v) is 7.01. The highest BCUT2D eigenvalue weighted by molar-refractivity contribution is 5.94. The Kier molecular flexibility index (Phi) is 4.47. The van der Waals surface area contributed by atoms with Gasteiger partial charge in [-0.3, -0.25) is 4.79 Å². The average Bonchev–Trinajstić information content (AvgIpc) is 2.79. The monoisotopic (exact) mass is 265 g/mol. The van der Waals surface area contributed by atoms with Gasteiger partial charge in [-0.25, -0.2) is 0 Å². The Balaban J connectivity index is 2.14. The molecule has 1 aromatic rings. The van der Waals surface area contributed by atoms with Gasteiger partial charge in [0.2, 0.25) is 0 Å². The number of aliphatic hydroxyl groups excluding tert-OH is 1. The molecular weight excluding hydrogens is 242 g/mol. The molecule has 1 amide bonds. The molecule has 1 aliphatic rings. The van der Waals surface area contributed by atoms with E-state index in [0.717, 1.165) is 32.4 Å². The number of hydrogen-bond acceptors (Lipinski definition) is 3. The predicted molar refractivity (Wildman–Crippen MR) is 74.8 cm³/mol. The molecule has 1 fully saturated rings. The van der Waals surface area contributed by atoms with Gasteiger partial charge in [-0.15, -0.1) is 0 Å². The summed E-state index contributed by atoms with van der Waals surface area (Å²) in [5, 5.41) is 9.24. The fourth-order valence-electron chi connectivity index (χ4n) is 2.70. The number of amides is 1. The number of aryl methyl sites for hydroxylation is 1. The van der Waals surface area contributed by atoms with E-state index in [2.05, 4.69) is 6.92 Å². The van der Waals surface area contributed by atoms with Crippen LogP contribution >= 0.6 is 0 Å². The quantitative estimate of drug-likeness (QED) is 0.862. The number of aromatic nitrogens is 1. The first kappa shape index (κ1) is 13.9. The van der Waals surface area contributed by atoms with E-state index in [1.807, 2.05) is 15.7 Å². The number of aliphatic hydroxyl groups is 1. The fourth-order valence-corrected chi connectivity index (χ4v) is 2.70. The van der Waals surface area contributed by atoms with E-state index in [1.54, 1.807) is 6.07 Å². The van der Waals surface area contributed by atoms with Crippen molar-refractivity contribution in [2.75, 3.05) is 25.4 Å². The number of carbonyl (C=O) groups excluding carboxylic acids is 1. The van der Waals surface area contributed by atoms with Crippen LogP contribution in [0.4, 0.5) is 5.69 Å². The van der Waals surface area contributed by atoms with Gasteiger partial charge >= 0.3 is 0 Å². The average molecular weight is 265 g/mol. The van der Waals surface area contributed by atoms with E-state index in [0.29, 0.717) is 17.9 Å². The van der Waals surface area contributed by atoms with Crippen molar-refractivity contribution in [1.29, 1.82) is 0 Å². The summed E-state index contributed by atoms with van der Waals surface area (Å²) in [7, 11) is 0. The predicted octanol–water partition coefficient (Wildman–Crippen LogP) is 1.32. The van der Waals surface area contributed by atoms with Crippen molar-refractivity contribution in [3.05, 3.63) is 18.0 Å². The van der Waals surface area contributed by atoms with Crippen LogP contribution in [-0.4, -0.2) is 40.2 Å². The number of likely N-dealkylation sites (tertiary alicyclic amines) is 1. The topological polar surface area (TPSA) is 71.5 Å². The summed E-state index contributed by atoms with van der Waals surface area (Å²) < 4.78 is 1.93. The van der Waals surface area contributed by atoms with Crippen LogP contribution in [0, 0.1) is 5.92 Å². The number of carbonyl (C=O) groups is 1. The number of piperidine rings is 1. The Hall–Kier alpha value is -1.49. The summed E-state index contributed by atoms with van der Waals surface area (Å²) in [6, 6.07) is 1.75. The van der Waals surface area contributed by atoms with E-state index < -0.39 is 0 Å². The molecule has 0 spiro atoms. The third-order valence-electron chi connectivity index (χ3n) is 3.67. The van der Waals surface area contributed by atoms with E-state index in [4.69, 9.17) is 5.73 Å². The molecule has 1 unspecified atom stereocenters. The first-order chi connectivity index (χ1) is 9.15. The summed E-state index contributed by atoms with van der Waals surface area (Å²) in [5.74, 6) is 0.243. The molecule has 0 aliphatic carbocycles. The first-order valence-electron chi connectivity index (χ1n) is 7.01. The molecule has 1 aromatic heterocycles. The van der Waals surface area contributed by atoms with Crippen molar-refractivity contribution in [1.82, 2.24) is 9.47 Å². The molecule has 2 heterocycles. The Labute approximate surface area is 114 Å². The van der Waals surface area contributed by atoms with Crippen molar-refractivity contribution in [3.63, 3.8) is 0 Å². The lowest BCUT2D eigenvalue weighted by atomic mass is 9.99. The molecule has 5 heteroatoms. The van der Waals surface area contributed by atoms with Gasteiger partial charge in [0.25, 0.3) is 5.91 Å². The molecular formula is C14H23N3O2. The second-order valence-electron chi connectivity index (χ2n) is 5.29. The maximum atomic E-state index is 12.5. The largest absolute Gasteiger partial charge is 0.397 e. The van der Waals surface area contributed by atoms with E-state index in [-0.39, 0.29) is 18.4 Å². The van der Waals surface area contributed by atoms with Gasteiger partial charge in [0.15, 0.2) is 0 Å². The minimum atomic E-state index is 0.0308. The summed E-state index contributed by atoms with van der Waals surface area (Å²) in [4.78, 5) is 14.4. The zero-order valence-electron chi connectivity index (χ0n) is 11.5. The third kappa shape index (κ3) is 3.10. The molecule has 19 heavy (non-hydrogen) atoms. The van der Waals surface area contributed by atoms with Gasteiger partial charge in [-0.05, 0) is 31.2 Å². The normalized spacial score (nSPS) is 19.7. The van der Waals surface area contributed by atoms with Crippen LogP contribution < -0.4 is 5.73 Å². The number of hydrogen-bond donors (Lipinski definition) is 2. The van der Waals surface area contributed by atoms with Crippen LogP contribution in [0.2, 0.25) is 0 Å². The summed E-state index contributed by atoms with van der Waals surface area (Å²) in [5.41, 5.74) is 7.10. The maximum Gasteiger partial charge on any atom is 0.270 e. The second-order valence-corrected chi connectivity index (χ2v) is 5.29. The molecule has 0 radical (unpaired) electrons. The van der Waals surface area contributed by atoms with Crippen LogP contribution in [0.15, 0.2) is 12.3 Å². The van der Waals surface area contributed by atoms with Crippen LogP contribution in [0.1, 0.15) is 36.7 Å². The number of nitrogen functional groups attached to an aromatic ring is 1. The highest BCUT2D eigenvalue weighted by Gasteiger charge is 2.25. The molecule has 2 rings (SSSR count). The van der Waals surface area contributed by atoms with E-state index >= 15 is 0 Å². The van der Waals surface area contributed by atoms with Gasteiger partial charge < -0.3 is 20.3 Å². The van der Waals surface area contributed by atoms with Gasteiger partial charge in [0.05, 0.1) is 5.69 Å². The highest BCUT2D eigenvalue weighted by atomic mass is 16.3. The molecule has 3 N–H and O–H groups in total. The Bertz CT molecular complexity index is 442. The highest BCUT2D eigenvalue weighted by Crippen LogP contribution is 2.20. The molecule has 1 saturated heterocycles. The van der Waals surface area contributed by atoms with Crippen LogP contribution in [0.3, 0.4) is 0 Å². The van der Waals surface area contributed by atoms with Gasteiger partial charge in [0.1, 0.15) is 5.69 Å². The smallest absolute Gasteiger partial charge is 0.270 e. The number of nitrogens with zero attached hydrogens (tertiary/aromatic N) is 2. The lowest BCUT2D eigenvalue weighted by Gasteiger charge is -2.32. The molecule has 1 aliphatic heterocycles. The molecule has 5 nitrogen and oxygen atoms in total. The standard InChI is InChI=1S/C14H23N3O2/c1-2-5-16-9-12(15)7-13(16)14(19)17-6-3-4-11(8-17)10-18/h7,9,11,18H,2-6,8,10,15H2,1H3. The summed E-state index contributed by atoms with van der Waals surface area (Å²) in [6.45, 7) is 4.45. The molecule has 0 bridgehead atoms. The van der Waals surface area contributed by atoms with Crippen LogP contribution in [0.5, 0.6) is 0 Å². The minimum absolute atomic E-state index is 0.0308. The van der Waals surface area contributed by atoms with Crippen molar-refractivity contribution >= 4 is 11.6 Å². The van der Waals surface area contributed by atoms with Crippen molar-refractivity contribution in [2.45, 2.75) is 32.7 Å². The van der Waals surface area contributed by atoms with E-state index in [9.17, 15) is 9.90 Å². The summed E-state index contributed by atoms with van der Waals surface area (Å²) in [6.07, 6.45) is 4.75. The second kappa shape index (κ2) is 6.10. The van der Waals surface area contributed by atoms with Crippen molar-refractivity contribution in [3.8, 4) is 0 Å². The van der Waals surface area contributed by atoms with Gasteiger partial charge in [0, 0.05) is 32.4 Å². The van der Waals surface area contributed by atoms with E-state index in [1.165, 1.54) is 0 Å². The zero-order chi connectivity index (χ0) is 13.8. The summed E-state index contributed by atoms with van der Waals surface area (Å²) >= 11 is 0. The number of nitrogens with two attached hydrogens (primary N) is 1. The third-order valence-corrected chi connectivity index (χ3v) is 3.67. The minimum Gasteiger partial charge on any atom is -0.397 e. The number of anilines is 1. The van der Waals surface area contributed by atoms with Gasteiger partial charge in [-0.2, -0.15) is 0 Å².